The van der Waals surface area contributed by atoms with Gasteiger partial charge in [0.2, 0.25) is 0 Å². The number of hydrogen-bond donors (Lipinski definition) is 1. The Kier molecular flexibility index (Phi) is 6.87. The van der Waals surface area contributed by atoms with Gasteiger partial charge in [0.15, 0.2) is 9.84 Å². The summed E-state index contributed by atoms with van der Waals surface area (Å²) in [4.78, 5) is 0. The first kappa shape index (κ1) is 18.2. The van der Waals surface area contributed by atoms with Crippen LogP contribution in [-0.2, 0) is 35.8 Å². The Morgan fingerprint density at radius 3 is 2.33 bits per heavy atom. The molecule has 0 saturated heterocycles. The van der Waals surface area contributed by atoms with Crippen LogP contribution in [0.1, 0.15) is 51.6 Å². The molecule has 0 bridgehead atoms. The van der Waals surface area contributed by atoms with Crippen LogP contribution in [0.3, 0.4) is 0 Å². The second-order valence-corrected chi connectivity index (χ2v) is 8.05. The lowest BCUT2D eigenvalue weighted by atomic mass is 10.1. The van der Waals surface area contributed by atoms with E-state index in [-0.39, 0.29) is 11.5 Å². The summed E-state index contributed by atoms with van der Waals surface area (Å²) < 4.78 is 25.3. The van der Waals surface area contributed by atoms with Crippen LogP contribution in [0.4, 0.5) is 0 Å². The molecule has 1 N–H and O–H groups in total. The van der Waals surface area contributed by atoms with Crippen LogP contribution in [0.15, 0.2) is 0 Å². The normalized spacial score (nSPS) is 12.3. The van der Waals surface area contributed by atoms with E-state index in [1.165, 1.54) is 5.56 Å². The summed E-state index contributed by atoms with van der Waals surface area (Å²) in [6, 6.07) is 0.420. The van der Waals surface area contributed by atoms with Crippen LogP contribution < -0.4 is 5.32 Å². The molecule has 6 heteroatoms. The first-order chi connectivity index (χ1) is 9.84. The molecule has 1 heterocycles. The SMILES string of the molecule is CCc1nn(CCS(=O)(=O)CC)c(CC)c1CNC(C)C. The number of aryl methyl sites for hydroxylation is 2. The maximum absolute atomic E-state index is 11.7. The molecule has 0 aliphatic rings. The third-order valence-corrected chi connectivity index (χ3v) is 5.34. The van der Waals surface area contributed by atoms with Crippen LogP contribution in [0.5, 0.6) is 0 Å². The number of hydrogen-bond acceptors (Lipinski definition) is 4. The van der Waals surface area contributed by atoms with Gasteiger partial charge in [-0.05, 0) is 12.8 Å². The van der Waals surface area contributed by atoms with E-state index in [0.29, 0.717) is 12.6 Å². The average Bonchev–Trinajstić information content (AvgIpc) is 2.79. The van der Waals surface area contributed by atoms with Gasteiger partial charge in [0.25, 0.3) is 0 Å². The number of aromatic nitrogens is 2. The smallest absolute Gasteiger partial charge is 0.151 e. The van der Waals surface area contributed by atoms with Gasteiger partial charge in [0.1, 0.15) is 0 Å². The van der Waals surface area contributed by atoms with E-state index in [9.17, 15) is 8.42 Å². The molecule has 0 aliphatic heterocycles. The average molecular weight is 315 g/mol. The van der Waals surface area contributed by atoms with E-state index in [0.717, 1.165) is 30.8 Å². The number of sulfone groups is 1. The summed E-state index contributed by atoms with van der Waals surface area (Å²) in [7, 11) is -2.96. The van der Waals surface area contributed by atoms with Gasteiger partial charge in [-0.1, -0.05) is 34.6 Å². The third kappa shape index (κ3) is 5.11. The zero-order chi connectivity index (χ0) is 16.0. The summed E-state index contributed by atoms with van der Waals surface area (Å²) in [6.07, 6.45) is 1.74. The van der Waals surface area contributed by atoms with Crippen molar-refractivity contribution in [3.05, 3.63) is 17.0 Å². The second kappa shape index (κ2) is 7.94. The monoisotopic (exact) mass is 315 g/mol. The van der Waals surface area contributed by atoms with Crippen molar-refractivity contribution in [1.82, 2.24) is 15.1 Å². The highest BCUT2D eigenvalue weighted by molar-refractivity contribution is 7.91. The van der Waals surface area contributed by atoms with E-state index in [2.05, 4.69) is 38.1 Å². The molecule has 1 aromatic rings. The van der Waals surface area contributed by atoms with Gasteiger partial charge in [-0.25, -0.2) is 8.42 Å². The number of rotatable bonds is 9. The second-order valence-electron chi connectivity index (χ2n) is 5.57. The Balaban J connectivity index is 2.99. The lowest BCUT2D eigenvalue weighted by molar-refractivity contribution is 0.569. The van der Waals surface area contributed by atoms with Crippen LogP contribution in [0.25, 0.3) is 0 Å². The van der Waals surface area contributed by atoms with E-state index in [1.807, 2.05) is 4.68 Å². The molecule has 122 valence electrons. The van der Waals surface area contributed by atoms with E-state index in [4.69, 9.17) is 0 Å². The Morgan fingerprint density at radius 2 is 1.86 bits per heavy atom. The van der Waals surface area contributed by atoms with Crippen molar-refractivity contribution < 1.29 is 8.42 Å². The summed E-state index contributed by atoms with van der Waals surface area (Å²) in [6.45, 7) is 11.4. The fourth-order valence-electron chi connectivity index (χ4n) is 2.33. The van der Waals surface area contributed by atoms with E-state index < -0.39 is 9.84 Å². The van der Waals surface area contributed by atoms with Crippen LogP contribution in [0.2, 0.25) is 0 Å². The van der Waals surface area contributed by atoms with Gasteiger partial charge < -0.3 is 5.32 Å². The van der Waals surface area contributed by atoms with Crippen molar-refractivity contribution in [3.8, 4) is 0 Å². The van der Waals surface area contributed by atoms with E-state index >= 15 is 0 Å². The molecule has 0 saturated carbocycles. The standard InChI is InChI=1S/C15H29N3O2S/c1-6-14-13(11-16-12(4)5)15(7-2)18(17-14)9-10-21(19,20)8-3/h12,16H,6-11H2,1-5H3. The molecule has 1 aromatic heterocycles. The minimum absolute atomic E-state index is 0.165. The van der Waals surface area contributed by atoms with E-state index in [1.54, 1.807) is 6.92 Å². The lowest BCUT2D eigenvalue weighted by Gasteiger charge is -2.11. The number of nitrogens with one attached hydrogen (secondary N) is 1. The molecule has 0 atom stereocenters. The minimum atomic E-state index is -2.96. The molecule has 0 fully saturated rings. The van der Waals surface area contributed by atoms with Crippen molar-refractivity contribution in [3.63, 3.8) is 0 Å². The molecule has 0 aliphatic carbocycles. The highest BCUT2D eigenvalue weighted by Crippen LogP contribution is 2.17. The Hall–Kier alpha value is -0.880. The zero-order valence-corrected chi connectivity index (χ0v) is 14.8. The molecule has 1 rings (SSSR count). The molecular weight excluding hydrogens is 286 g/mol. The fourth-order valence-corrected chi connectivity index (χ4v) is 3.07. The van der Waals surface area contributed by atoms with Crippen molar-refractivity contribution in [2.45, 2.75) is 66.6 Å². The molecule has 5 nitrogen and oxygen atoms in total. The maximum atomic E-state index is 11.7. The largest absolute Gasteiger partial charge is 0.310 e. The molecular formula is C15H29N3O2S. The van der Waals surface area contributed by atoms with Gasteiger partial charge >= 0.3 is 0 Å². The van der Waals surface area contributed by atoms with Gasteiger partial charge in [0, 0.05) is 29.6 Å². The highest BCUT2D eigenvalue weighted by Gasteiger charge is 2.17. The van der Waals surface area contributed by atoms with Crippen molar-refractivity contribution >= 4 is 9.84 Å². The van der Waals surface area contributed by atoms with Gasteiger partial charge in [-0.3, -0.25) is 4.68 Å². The molecule has 0 radical (unpaired) electrons. The maximum Gasteiger partial charge on any atom is 0.151 e. The van der Waals surface area contributed by atoms with Crippen LogP contribution in [0, 0.1) is 0 Å². The molecule has 0 amide bonds. The first-order valence-corrected chi connectivity index (χ1v) is 9.67. The fraction of sp³-hybridized carbons (Fsp3) is 0.800. The summed E-state index contributed by atoms with van der Waals surface area (Å²) in [5, 5.41) is 8.06. The quantitative estimate of drug-likeness (QED) is 0.756. The minimum Gasteiger partial charge on any atom is -0.310 e. The summed E-state index contributed by atoms with van der Waals surface area (Å²) >= 11 is 0. The van der Waals surface area contributed by atoms with Crippen molar-refractivity contribution in [2.75, 3.05) is 11.5 Å². The van der Waals surface area contributed by atoms with Crippen LogP contribution in [-0.4, -0.2) is 35.7 Å². The van der Waals surface area contributed by atoms with Crippen molar-refractivity contribution in [2.24, 2.45) is 0 Å². The molecule has 0 unspecified atom stereocenters. The predicted octanol–water partition coefficient (Wildman–Crippen LogP) is 1.94. The lowest BCUT2D eigenvalue weighted by Crippen LogP contribution is -2.23. The first-order valence-electron chi connectivity index (χ1n) is 7.85. The molecule has 21 heavy (non-hydrogen) atoms. The van der Waals surface area contributed by atoms with Gasteiger partial charge in [0.05, 0.1) is 18.0 Å². The van der Waals surface area contributed by atoms with Gasteiger partial charge in [-0.2, -0.15) is 5.10 Å². The van der Waals surface area contributed by atoms with Crippen LogP contribution >= 0.6 is 0 Å². The molecule has 0 spiro atoms. The Morgan fingerprint density at radius 1 is 1.19 bits per heavy atom. The third-order valence-electron chi connectivity index (χ3n) is 3.66. The Bertz CT molecular complexity index is 548. The highest BCUT2D eigenvalue weighted by atomic mass is 32.2. The number of nitrogens with zero attached hydrogens (tertiary/aromatic N) is 2. The Labute approximate surface area is 129 Å². The summed E-state index contributed by atoms with van der Waals surface area (Å²) in [5.74, 6) is 0.358. The van der Waals surface area contributed by atoms with Crippen molar-refractivity contribution in [1.29, 1.82) is 0 Å². The summed E-state index contributed by atoms with van der Waals surface area (Å²) in [5.41, 5.74) is 3.47. The molecule has 0 aromatic carbocycles. The van der Waals surface area contributed by atoms with Gasteiger partial charge in [-0.15, -0.1) is 0 Å². The zero-order valence-electron chi connectivity index (χ0n) is 13.9. The predicted molar refractivity (Wildman–Crippen MR) is 87.3 cm³/mol. The topological polar surface area (TPSA) is 64.0 Å².